The largest absolute Gasteiger partial charge is 0.493 e. The molecule has 0 saturated carbocycles. The Balaban J connectivity index is 1.94. The number of ether oxygens (including phenoxy) is 2. The van der Waals surface area contributed by atoms with E-state index in [2.05, 4.69) is 10.3 Å². The molecule has 0 spiro atoms. The number of carboxylic acids is 1. The molecule has 2 aromatic carbocycles. The summed E-state index contributed by atoms with van der Waals surface area (Å²) in [4.78, 5) is 28.5. The minimum atomic E-state index is -1.11. The van der Waals surface area contributed by atoms with E-state index in [1.54, 1.807) is 36.4 Å². The zero-order valence-electron chi connectivity index (χ0n) is 16.4. The third-order valence-corrected chi connectivity index (χ3v) is 5.59. The first-order valence-corrected chi connectivity index (χ1v) is 10.1. The molecule has 1 atom stereocenters. The molecule has 3 rings (SSSR count). The number of hydrogen-bond donors (Lipinski definition) is 2. The summed E-state index contributed by atoms with van der Waals surface area (Å²) < 4.78 is 10.9. The summed E-state index contributed by atoms with van der Waals surface area (Å²) >= 11 is 7.30. The van der Waals surface area contributed by atoms with Crippen molar-refractivity contribution in [2.45, 2.75) is 20.0 Å². The summed E-state index contributed by atoms with van der Waals surface area (Å²) in [6.45, 7) is 3.27. The van der Waals surface area contributed by atoms with Crippen molar-refractivity contribution in [1.82, 2.24) is 5.32 Å². The van der Waals surface area contributed by atoms with Crippen LogP contribution in [0.25, 0.3) is 6.08 Å². The highest BCUT2D eigenvalue weighted by atomic mass is 35.5. The number of amides is 1. The monoisotopic (exact) mass is 446 g/mol. The highest BCUT2D eigenvalue weighted by Crippen LogP contribution is 2.36. The van der Waals surface area contributed by atoms with Crippen LogP contribution in [0.1, 0.15) is 18.1 Å². The van der Waals surface area contributed by atoms with E-state index in [0.717, 1.165) is 5.56 Å². The van der Waals surface area contributed by atoms with E-state index in [9.17, 15) is 9.59 Å². The Morgan fingerprint density at radius 2 is 2.03 bits per heavy atom. The number of rotatable bonds is 6. The van der Waals surface area contributed by atoms with Gasteiger partial charge in [-0.3, -0.25) is 4.79 Å². The molecule has 0 aliphatic carbocycles. The molecule has 156 valence electrons. The quantitative estimate of drug-likeness (QED) is 0.638. The van der Waals surface area contributed by atoms with Gasteiger partial charge in [-0.2, -0.15) is 0 Å². The maximum Gasteiger partial charge on any atom is 0.344 e. The lowest BCUT2D eigenvalue weighted by Crippen LogP contribution is -2.23. The van der Waals surface area contributed by atoms with Crippen molar-refractivity contribution in [3.05, 3.63) is 57.5 Å². The predicted molar refractivity (Wildman–Crippen MR) is 118 cm³/mol. The van der Waals surface area contributed by atoms with E-state index in [4.69, 9.17) is 26.2 Å². The van der Waals surface area contributed by atoms with Crippen molar-refractivity contribution in [3.8, 4) is 11.5 Å². The fourth-order valence-corrected chi connectivity index (χ4v) is 3.60. The van der Waals surface area contributed by atoms with Crippen LogP contribution >= 0.6 is 23.4 Å². The molecule has 30 heavy (non-hydrogen) atoms. The van der Waals surface area contributed by atoms with E-state index >= 15 is 0 Å². The number of amidine groups is 1. The molecule has 7 nitrogen and oxygen atoms in total. The van der Waals surface area contributed by atoms with Gasteiger partial charge in [0.25, 0.3) is 5.91 Å². The molecule has 0 unspecified atom stereocenters. The summed E-state index contributed by atoms with van der Waals surface area (Å²) in [7, 11) is 1.46. The fourth-order valence-electron chi connectivity index (χ4n) is 2.61. The van der Waals surface area contributed by atoms with Crippen LogP contribution in [0.15, 0.2) is 46.3 Å². The van der Waals surface area contributed by atoms with Crippen LogP contribution in [0.4, 0.5) is 5.69 Å². The standard InChI is InChI=1S/C21H19ClN2O5S/c1-11-14(22)7-5-8-15(11)23-21-24-19(25)17(30-21)10-13-6-4-9-16(28-3)18(13)29-12(2)20(26)27/h4-10,12H,1-3H3,(H,26,27)(H,23,24,25)/b17-10-/t12-/m1/s1. The third-order valence-electron chi connectivity index (χ3n) is 4.27. The SMILES string of the molecule is COc1cccc(/C=C2\SC(=Nc3cccc(Cl)c3C)NC2=O)c1O[C@H](C)C(=O)O. The van der Waals surface area contributed by atoms with E-state index in [0.29, 0.717) is 32.1 Å². The van der Waals surface area contributed by atoms with Crippen molar-refractivity contribution in [1.29, 1.82) is 0 Å². The average Bonchev–Trinajstić information content (AvgIpc) is 3.05. The number of nitrogens with zero attached hydrogens (tertiary/aromatic N) is 1. The number of methoxy groups -OCH3 is 1. The van der Waals surface area contributed by atoms with Gasteiger partial charge in [0.1, 0.15) is 0 Å². The van der Waals surface area contributed by atoms with Crippen molar-refractivity contribution in [3.63, 3.8) is 0 Å². The van der Waals surface area contributed by atoms with Crippen LogP contribution in [0, 0.1) is 6.92 Å². The zero-order valence-corrected chi connectivity index (χ0v) is 18.0. The molecular formula is C21H19ClN2O5S. The number of aliphatic carboxylic acids is 1. The van der Waals surface area contributed by atoms with Crippen LogP contribution in [0.2, 0.25) is 5.02 Å². The maximum atomic E-state index is 12.5. The van der Waals surface area contributed by atoms with Gasteiger partial charge in [0, 0.05) is 10.6 Å². The molecule has 0 aromatic heterocycles. The predicted octanol–water partition coefficient (Wildman–Crippen LogP) is 4.40. The van der Waals surface area contributed by atoms with Crippen molar-refractivity contribution in [2.24, 2.45) is 4.99 Å². The number of carboxylic acid groups (broad SMARTS) is 1. The van der Waals surface area contributed by atoms with Crippen LogP contribution in [0.3, 0.4) is 0 Å². The van der Waals surface area contributed by atoms with Crippen LogP contribution < -0.4 is 14.8 Å². The molecule has 9 heteroatoms. The summed E-state index contributed by atoms with van der Waals surface area (Å²) in [6, 6.07) is 10.5. The maximum absolute atomic E-state index is 12.5. The van der Waals surface area contributed by atoms with Crippen LogP contribution in [0.5, 0.6) is 11.5 Å². The molecule has 0 radical (unpaired) electrons. The van der Waals surface area contributed by atoms with E-state index in [1.165, 1.54) is 25.8 Å². The third kappa shape index (κ3) is 4.77. The normalized spacial score (nSPS) is 17.1. The lowest BCUT2D eigenvalue weighted by molar-refractivity contribution is -0.144. The van der Waals surface area contributed by atoms with Gasteiger partial charge >= 0.3 is 5.97 Å². The number of halogens is 1. The van der Waals surface area contributed by atoms with Gasteiger partial charge in [0.05, 0.1) is 17.7 Å². The first-order valence-electron chi connectivity index (χ1n) is 8.91. The van der Waals surface area contributed by atoms with Gasteiger partial charge in [0.2, 0.25) is 0 Å². The van der Waals surface area contributed by atoms with Gasteiger partial charge in [-0.1, -0.05) is 29.8 Å². The average molecular weight is 447 g/mol. The zero-order chi connectivity index (χ0) is 21.8. The number of carbonyl (C=O) groups excluding carboxylic acids is 1. The van der Waals surface area contributed by atoms with E-state index < -0.39 is 12.1 Å². The summed E-state index contributed by atoms with van der Waals surface area (Å²) in [5, 5.41) is 12.9. The van der Waals surface area contributed by atoms with Crippen molar-refractivity contribution < 1.29 is 24.2 Å². The minimum Gasteiger partial charge on any atom is -0.493 e. The smallest absolute Gasteiger partial charge is 0.344 e. The Kier molecular flexibility index (Phi) is 6.69. The first kappa shape index (κ1) is 21.7. The van der Waals surface area contributed by atoms with Crippen LogP contribution in [-0.4, -0.2) is 35.4 Å². The molecule has 1 saturated heterocycles. The number of thioether (sulfide) groups is 1. The number of benzene rings is 2. The molecule has 1 amide bonds. The molecular weight excluding hydrogens is 428 g/mol. The van der Waals surface area contributed by atoms with Gasteiger partial charge in [-0.05, 0) is 55.4 Å². The second kappa shape index (κ2) is 9.23. The Labute approximate surface area is 182 Å². The molecule has 1 aliphatic rings. The second-order valence-electron chi connectivity index (χ2n) is 6.34. The lowest BCUT2D eigenvalue weighted by atomic mass is 10.1. The molecule has 1 fully saturated rings. The Bertz CT molecular complexity index is 1070. The summed E-state index contributed by atoms with van der Waals surface area (Å²) in [5.41, 5.74) is 1.98. The first-order chi connectivity index (χ1) is 14.3. The molecule has 2 aromatic rings. The molecule has 0 bridgehead atoms. The Hall–Kier alpha value is -2.97. The van der Waals surface area contributed by atoms with Gasteiger partial charge < -0.3 is 19.9 Å². The fraction of sp³-hybridized carbons (Fsp3) is 0.190. The topological polar surface area (TPSA) is 97.2 Å². The number of aliphatic imine (C=N–C) groups is 1. The highest BCUT2D eigenvalue weighted by molar-refractivity contribution is 8.18. The van der Waals surface area contributed by atoms with E-state index in [-0.39, 0.29) is 11.7 Å². The summed E-state index contributed by atoms with van der Waals surface area (Å²) in [5.74, 6) is -0.825. The number of para-hydroxylation sites is 1. The summed E-state index contributed by atoms with van der Waals surface area (Å²) in [6.07, 6.45) is 0.520. The van der Waals surface area contributed by atoms with Crippen LogP contribution in [-0.2, 0) is 9.59 Å². The van der Waals surface area contributed by atoms with Gasteiger partial charge in [0.15, 0.2) is 22.8 Å². The minimum absolute atomic E-state index is 0.242. The highest BCUT2D eigenvalue weighted by Gasteiger charge is 2.26. The van der Waals surface area contributed by atoms with E-state index in [1.807, 2.05) is 13.0 Å². The van der Waals surface area contributed by atoms with Crippen molar-refractivity contribution in [2.75, 3.05) is 7.11 Å². The Morgan fingerprint density at radius 1 is 1.30 bits per heavy atom. The lowest BCUT2D eigenvalue weighted by Gasteiger charge is -2.16. The molecule has 1 heterocycles. The second-order valence-corrected chi connectivity index (χ2v) is 7.78. The number of hydrogen-bond acceptors (Lipinski definition) is 6. The molecule has 1 aliphatic heterocycles. The van der Waals surface area contributed by atoms with Gasteiger partial charge in [-0.25, -0.2) is 9.79 Å². The number of nitrogens with one attached hydrogen (secondary N) is 1. The Morgan fingerprint density at radius 3 is 2.73 bits per heavy atom. The van der Waals surface area contributed by atoms with Gasteiger partial charge in [-0.15, -0.1) is 0 Å². The number of carbonyl (C=O) groups is 2. The van der Waals surface area contributed by atoms with Crippen molar-refractivity contribution >= 4 is 52.2 Å². The molecule has 2 N–H and O–H groups in total.